The van der Waals surface area contributed by atoms with Crippen molar-refractivity contribution in [1.82, 2.24) is 4.98 Å². The van der Waals surface area contributed by atoms with Crippen molar-refractivity contribution in [2.75, 3.05) is 25.1 Å². The van der Waals surface area contributed by atoms with E-state index in [-0.39, 0.29) is 0 Å². The molecule has 0 atom stereocenters. The van der Waals surface area contributed by atoms with Gasteiger partial charge in [0.1, 0.15) is 0 Å². The van der Waals surface area contributed by atoms with Crippen molar-refractivity contribution in [1.29, 1.82) is 0 Å². The maximum absolute atomic E-state index is 6.17. The fourth-order valence-electron chi connectivity index (χ4n) is 2.32. The standard InChI is InChI=1S/C14H17ClN2OS/c1-14(5-7-18-8-6-14)9-16-13-17-11-4-2-3-10(15)12(11)19-13/h2-4H,5-9H2,1H3,(H,16,17). The molecule has 0 spiro atoms. The Kier molecular flexibility index (Phi) is 3.65. The minimum atomic E-state index is 0.305. The highest BCUT2D eigenvalue weighted by Gasteiger charge is 2.27. The van der Waals surface area contributed by atoms with E-state index in [4.69, 9.17) is 16.3 Å². The number of fused-ring (bicyclic) bond motifs is 1. The Hall–Kier alpha value is -0.840. The first-order valence-corrected chi connectivity index (χ1v) is 7.72. The largest absolute Gasteiger partial charge is 0.381 e. The van der Waals surface area contributed by atoms with E-state index in [0.29, 0.717) is 5.41 Å². The molecule has 0 unspecified atom stereocenters. The van der Waals surface area contributed by atoms with Crippen LogP contribution < -0.4 is 5.32 Å². The Labute approximate surface area is 121 Å². The van der Waals surface area contributed by atoms with Crippen molar-refractivity contribution in [3.05, 3.63) is 23.2 Å². The van der Waals surface area contributed by atoms with Gasteiger partial charge >= 0.3 is 0 Å². The van der Waals surface area contributed by atoms with Crippen LogP contribution in [0.15, 0.2) is 18.2 Å². The lowest BCUT2D eigenvalue weighted by Crippen LogP contribution is -2.33. The fraction of sp³-hybridized carbons (Fsp3) is 0.500. The summed E-state index contributed by atoms with van der Waals surface area (Å²) in [6.07, 6.45) is 2.21. The maximum atomic E-state index is 6.17. The third kappa shape index (κ3) is 2.86. The second-order valence-electron chi connectivity index (χ2n) is 5.38. The number of benzene rings is 1. The molecule has 2 heterocycles. The van der Waals surface area contributed by atoms with Crippen molar-refractivity contribution in [3.8, 4) is 0 Å². The zero-order valence-corrected chi connectivity index (χ0v) is 12.5. The number of nitrogens with one attached hydrogen (secondary N) is 1. The number of hydrogen-bond acceptors (Lipinski definition) is 4. The molecule has 3 rings (SSSR count). The fourth-order valence-corrected chi connectivity index (χ4v) is 3.47. The van der Waals surface area contributed by atoms with E-state index in [1.807, 2.05) is 18.2 Å². The molecule has 3 nitrogen and oxygen atoms in total. The molecule has 1 aromatic heterocycles. The van der Waals surface area contributed by atoms with Crippen molar-refractivity contribution in [3.63, 3.8) is 0 Å². The molecule has 19 heavy (non-hydrogen) atoms. The molecule has 2 aromatic rings. The summed E-state index contributed by atoms with van der Waals surface area (Å²) < 4.78 is 6.48. The highest BCUT2D eigenvalue weighted by atomic mass is 35.5. The van der Waals surface area contributed by atoms with Gasteiger partial charge in [0.05, 0.1) is 15.2 Å². The van der Waals surface area contributed by atoms with Gasteiger partial charge in [0.25, 0.3) is 0 Å². The van der Waals surface area contributed by atoms with Gasteiger partial charge in [-0.1, -0.05) is 35.9 Å². The number of thiazole rings is 1. The third-order valence-electron chi connectivity index (χ3n) is 3.73. The average Bonchev–Trinajstić information content (AvgIpc) is 2.82. The summed E-state index contributed by atoms with van der Waals surface area (Å²) in [4.78, 5) is 4.58. The summed E-state index contributed by atoms with van der Waals surface area (Å²) in [6, 6.07) is 5.85. The molecule has 0 radical (unpaired) electrons. The predicted octanol–water partition coefficient (Wildman–Crippen LogP) is 4.18. The van der Waals surface area contributed by atoms with E-state index in [1.54, 1.807) is 11.3 Å². The van der Waals surface area contributed by atoms with E-state index in [9.17, 15) is 0 Å². The Bertz CT molecular complexity index is 578. The van der Waals surface area contributed by atoms with Crippen LogP contribution >= 0.6 is 22.9 Å². The van der Waals surface area contributed by atoms with Gasteiger partial charge in [-0.15, -0.1) is 0 Å². The van der Waals surface area contributed by atoms with Crippen LogP contribution in [0.2, 0.25) is 5.02 Å². The van der Waals surface area contributed by atoms with Gasteiger partial charge in [-0.2, -0.15) is 0 Å². The van der Waals surface area contributed by atoms with Crippen LogP contribution in [-0.2, 0) is 4.74 Å². The Morgan fingerprint density at radius 3 is 2.95 bits per heavy atom. The lowest BCUT2D eigenvalue weighted by Gasteiger charge is -2.33. The first kappa shape index (κ1) is 13.2. The SMILES string of the molecule is CC1(CNc2nc3cccc(Cl)c3s2)CCOCC1. The highest BCUT2D eigenvalue weighted by Crippen LogP contribution is 2.34. The molecule has 102 valence electrons. The monoisotopic (exact) mass is 296 g/mol. The normalized spacial score (nSPS) is 18.6. The number of nitrogens with zero attached hydrogens (tertiary/aromatic N) is 1. The van der Waals surface area contributed by atoms with Crippen LogP contribution in [0, 0.1) is 5.41 Å². The van der Waals surface area contributed by atoms with Crippen LogP contribution in [0.4, 0.5) is 5.13 Å². The first-order chi connectivity index (χ1) is 9.16. The van der Waals surface area contributed by atoms with Crippen molar-refractivity contribution in [2.45, 2.75) is 19.8 Å². The summed E-state index contributed by atoms with van der Waals surface area (Å²) in [5, 5.41) is 5.20. The highest BCUT2D eigenvalue weighted by molar-refractivity contribution is 7.22. The maximum Gasteiger partial charge on any atom is 0.183 e. The van der Waals surface area contributed by atoms with Crippen LogP contribution in [0.5, 0.6) is 0 Å². The van der Waals surface area contributed by atoms with E-state index < -0.39 is 0 Å². The Morgan fingerprint density at radius 1 is 1.42 bits per heavy atom. The molecule has 1 aliphatic heterocycles. The lowest BCUT2D eigenvalue weighted by molar-refractivity contribution is 0.0300. The summed E-state index contributed by atoms with van der Waals surface area (Å²) >= 11 is 7.80. The molecule has 1 fully saturated rings. The van der Waals surface area contributed by atoms with Crippen LogP contribution in [0.3, 0.4) is 0 Å². The van der Waals surface area contributed by atoms with Crippen LogP contribution in [-0.4, -0.2) is 24.7 Å². The number of halogens is 1. The number of ether oxygens (including phenoxy) is 1. The summed E-state index contributed by atoms with van der Waals surface area (Å²) in [5.41, 5.74) is 1.28. The molecule has 5 heteroatoms. The Balaban J connectivity index is 1.73. The molecule has 1 aromatic carbocycles. The van der Waals surface area contributed by atoms with Crippen molar-refractivity contribution >= 4 is 38.3 Å². The van der Waals surface area contributed by atoms with Gasteiger partial charge in [0.2, 0.25) is 0 Å². The average molecular weight is 297 g/mol. The van der Waals surface area contributed by atoms with Gasteiger partial charge in [-0.3, -0.25) is 0 Å². The smallest absolute Gasteiger partial charge is 0.183 e. The minimum absolute atomic E-state index is 0.305. The van der Waals surface area contributed by atoms with Crippen LogP contribution in [0.25, 0.3) is 10.2 Å². The molecule has 0 amide bonds. The first-order valence-electron chi connectivity index (χ1n) is 6.53. The van der Waals surface area contributed by atoms with Gasteiger partial charge in [-0.25, -0.2) is 4.98 Å². The molecule has 1 N–H and O–H groups in total. The molecule has 1 aliphatic rings. The van der Waals surface area contributed by atoms with Gasteiger partial charge < -0.3 is 10.1 Å². The van der Waals surface area contributed by atoms with E-state index in [1.165, 1.54) is 0 Å². The van der Waals surface area contributed by atoms with Gasteiger partial charge in [-0.05, 0) is 30.4 Å². The Morgan fingerprint density at radius 2 is 2.21 bits per heavy atom. The van der Waals surface area contributed by atoms with Crippen LogP contribution in [0.1, 0.15) is 19.8 Å². The van der Waals surface area contributed by atoms with Gasteiger partial charge in [0, 0.05) is 19.8 Å². The topological polar surface area (TPSA) is 34.2 Å². The predicted molar refractivity (Wildman–Crippen MR) is 81.3 cm³/mol. The van der Waals surface area contributed by atoms with E-state index >= 15 is 0 Å². The molecule has 0 aliphatic carbocycles. The number of rotatable bonds is 3. The van der Waals surface area contributed by atoms with E-state index in [2.05, 4.69) is 17.2 Å². The van der Waals surface area contributed by atoms with Gasteiger partial charge in [0.15, 0.2) is 5.13 Å². The minimum Gasteiger partial charge on any atom is -0.381 e. The van der Waals surface area contributed by atoms with Crippen molar-refractivity contribution in [2.24, 2.45) is 5.41 Å². The van der Waals surface area contributed by atoms with E-state index in [0.717, 1.165) is 53.0 Å². The zero-order valence-electron chi connectivity index (χ0n) is 10.9. The number of hydrogen-bond donors (Lipinski definition) is 1. The quantitative estimate of drug-likeness (QED) is 0.922. The lowest BCUT2D eigenvalue weighted by atomic mass is 9.82. The summed E-state index contributed by atoms with van der Waals surface area (Å²) in [5.74, 6) is 0. The second kappa shape index (κ2) is 5.27. The molecule has 1 saturated heterocycles. The number of anilines is 1. The third-order valence-corrected chi connectivity index (χ3v) is 5.22. The molecular weight excluding hydrogens is 280 g/mol. The van der Waals surface area contributed by atoms with Crippen molar-refractivity contribution < 1.29 is 4.74 Å². The zero-order chi connectivity index (χ0) is 13.3. The second-order valence-corrected chi connectivity index (χ2v) is 6.79. The summed E-state index contributed by atoms with van der Waals surface area (Å²) in [7, 11) is 0. The number of aromatic nitrogens is 1. The molecule has 0 saturated carbocycles. The molecule has 0 bridgehead atoms. The summed E-state index contributed by atoms with van der Waals surface area (Å²) in [6.45, 7) is 4.98. The molecular formula is C14H17ClN2OS.